The van der Waals surface area contributed by atoms with E-state index in [0.29, 0.717) is 37.3 Å². The van der Waals surface area contributed by atoms with Crippen molar-refractivity contribution in [3.8, 4) is 5.75 Å². The van der Waals surface area contributed by atoms with Gasteiger partial charge < -0.3 is 15.0 Å². The predicted octanol–water partition coefficient (Wildman–Crippen LogP) is 2.02. The summed E-state index contributed by atoms with van der Waals surface area (Å²) in [7, 11) is 1.60. The van der Waals surface area contributed by atoms with E-state index in [2.05, 4.69) is 10.2 Å². The minimum Gasteiger partial charge on any atom is -0.497 e. The number of nitrogens with one attached hydrogen (secondary N) is 1. The predicted molar refractivity (Wildman–Crippen MR) is 104 cm³/mol. The van der Waals surface area contributed by atoms with E-state index in [1.807, 2.05) is 4.90 Å². The number of hydrogen-bond acceptors (Lipinski definition) is 4. The van der Waals surface area contributed by atoms with Crippen LogP contribution < -0.4 is 10.1 Å². The Kier molecular flexibility index (Phi) is 6.60. The second-order valence-corrected chi connectivity index (χ2v) is 6.63. The van der Waals surface area contributed by atoms with Crippen molar-refractivity contribution in [1.82, 2.24) is 15.1 Å². The second-order valence-electron chi connectivity index (χ2n) is 6.63. The standard InChI is InChI=1S/C21H24FN3O3/c1-28-19-8-4-17(5-9-19)21(27)25-14-12-24(13-15-25)11-10-23-20(26)16-2-6-18(22)7-3-16/h2-9H,10-15H2,1H3,(H,23,26). The van der Waals surface area contributed by atoms with Crippen LogP contribution in [0.25, 0.3) is 0 Å². The van der Waals surface area contributed by atoms with Gasteiger partial charge in [0.1, 0.15) is 11.6 Å². The Morgan fingerprint density at radius 2 is 1.57 bits per heavy atom. The summed E-state index contributed by atoms with van der Waals surface area (Å²) in [5, 5.41) is 2.84. The number of ether oxygens (including phenoxy) is 1. The van der Waals surface area contributed by atoms with Crippen LogP contribution >= 0.6 is 0 Å². The summed E-state index contributed by atoms with van der Waals surface area (Å²) in [5.74, 6) is 0.169. The topological polar surface area (TPSA) is 61.9 Å². The van der Waals surface area contributed by atoms with Crippen LogP contribution in [0, 0.1) is 5.82 Å². The van der Waals surface area contributed by atoms with Gasteiger partial charge in [0.05, 0.1) is 7.11 Å². The molecule has 0 atom stereocenters. The van der Waals surface area contributed by atoms with E-state index < -0.39 is 0 Å². The van der Waals surface area contributed by atoms with Crippen LogP contribution in [0.5, 0.6) is 5.75 Å². The van der Waals surface area contributed by atoms with Crippen molar-refractivity contribution < 1.29 is 18.7 Å². The highest BCUT2D eigenvalue weighted by atomic mass is 19.1. The van der Waals surface area contributed by atoms with Crippen LogP contribution in [0.3, 0.4) is 0 Å². The quantitative estimate of drug-likeness (QED) is 0.827. The first kappa shape index (κ1) is 19.8. The summed E-state index contributed by atoms with van der Waals surface area (Å²) in [6.07, 6.45) is 0. The summed E-state index contributed by atoms with van der Waals surface area (Å²) in [6.45, 7) is 4.02. The van der Waals surface area contributed by atoms with Crippen molar-refractivity contribution in [2.24, 2.45) is 0 Å². The third-order valence-corrected chi connectivity index (χ3v) is 4.82. The van der Waals surface area contributed by atoms with Crippen molar-refractivity contribution in [3.63, 3.8) is 0 Å². The summed E-state index contributed by atoms with van der Waals surface area (Å²) < 4.78 is 18.0. The molecule has 0 unspecified atom stereocenters. The van der Waals surface area contributed by atoms with Gasteiger partial charge in [-0.05, 0) is 48.5 Å². The van der Waals surface area contributed by atoms with Gasteiger partial charge in [-0.3, -0.25) is 14.5 Å². The molecule has 28 heavy (non-hydrogen) atoms. The Bertz CT molecular complexity index is 801. The second kappa shape index (κ2) is 9.32. The van der Waals surface area contributed by atoms with Crippen LogP contribution in [0.2, 0.25) is 0 Å². The first-order valence-corrected chi connectivity index (χ1v) is 9.26. The van der Waals surface area contributed by atoms with Crippen molar-refractivity contribution in [1.29, 1.82) is 0 Å². The molecule has 3 rings (SSSR count). The third kappa shape index (κ3) is 5.07. The van der Waals surface area contributed by atoms with Gasteiger partial charge in [-0.2, -0.15) is 0 Å². The molecule has 2 aromatic rings. The Balaban J connectivity index is 1.40. The first-order chi connectivity index (χ1) is 13.6. The lowest BCUT2D eigenvalue weighted by molar-refractivity contribution is 0.0638. The third-order valence-electron chi connectivity index (χ3n) is 4.82. The minimum atomic E-state index is -0.362. The molecule has 1 aliphatic rings. The van der Waals surface area contributed by atoms with E-state index in [0.717, 1.165) is 18.8 Å². The maximum Gasteiger partial charge on any atom is 0.253 e. The highest BCUT2D eigenvalue weighted by molar-refractivity contribution is 5.94. The van der Waals surface area contributed by atoms with Gasteiger partial charge in [0, 0.05) is 50.4 Å². The van der Waals surface area contributed by atoms with Gasteiger partial charge in [-0.15, -0.1) is 0 Å². The summed E-state index contributed by atoms with van der Waals surface area (Å²) in [6, 6.07) is 12.6. The van der Waals surface area contributed by atoms with E-state index in [-0.39, 0.29) is 17.6 Å². The fraction of sp³-hybridized carbons (Fsp3) is 0.333. The van der Waals surface area contributed by atoms with Gasteiger partial charge in [0.25, 0.3) is 11.8 Å². The van der Waals surface area contributed by atoms with E-state index in [1.54, 1.807) is 31.4 Å². The SMILES string of the molecule is COc1ccc(C(=O)N2CCN(CCNC(=O)c3ccc(F)cc3)CC2)cc1. The van der Waals surface area contributed by atoms with E-state index in [9.17, 15) is 14.0 Å². The zero-order valence-corrected chi connectivity index (χ0v) is 15.9. The largest absolute Gasteiger partial charge is 0.497 e. The van der Waals surface area contributed by atoms with Crippen LogP contribution in [0.1, 0.15) is 20.7 Å². The molecule has 1 saturated heterocycles. The van der Waals surface area contributed by atoms with Gasteiger partial charge in [0.15, 0.2) is 0 Å². The first-order valence-electron chi connectivity index (χ1n) is 9.26. The van der Waals surface area contributed by atoms with Gasteiger partial charge >= 0.3 is 0 Å². The minimum absolute atomic E-state index is 0.0203. The molecule has 2 amide bonds. The average Bonchev–Trinajstić information content (AvgIpc) is 2.74. The number of carbonyl (C=O) groups is 2. The number of carbonyl (C=O) groups excluding carboxylic acids is 2. The van der Waals surface area contributed by atoms with E-state index in [1.165, 1.54) is 24.3 Å². The number of halogens is 1. The molecule has 1 heterocycles. The molecule has 0 aliphatic carbocycles. The number of nitrogens with zero attached hydrogens (tertiary/aromatic N) is 2. The van der Waals surface area contributed by atoms with E-state index in [4.69, 9.17) is 4.74 Å². The molecule has 0 aromatic heterocycles. The van der Waals surface area contributed by atoms with Crippen molar-refractivity contribution in [2.45, 2.75) is 0 Å². The molecule has 148 valence electrons. The molecule has 0 spiro atoms. The highest BCUT2D eigenvalue weighted by Crippen LogP contribution is 2.14. The smallest absolute Gasteiger partial charge is 0.253 e. The molecule has 1 fully saturated rings. The monoisotopic (exact) mass is 385 g/mol. The summed E-state index contributed by atoms with van der Waals surface area (Å²) in [5.41, 5.74) is 1.09. The van der Waals surface area contributed by atoms with Crippen LogP contribution in [-0.2, 0) is 0 Å². The number of methoxy groups -OCH3 is 1. The molecule has 0 radical (unpaired) electrons. The maximum atomic E-state index is 12.9. The molecule has 0 saturated carbocycles. The van der Waals surface area contributed by atoms with Crippen molar-refractivity contribution >= 4 is 11.8 Å². The molecule has 0 bridgehead atoms. The van der Waals surface area contributed by atoms with Crippen molar-refractivity contribution in [2.75, 3.05) is 46.4 Å². The highest BCUT2D eigenvalue weighted by Gasteiger charge is 2.22. The number of amides is 2. The number of hydrogen-bond donors (Lipinski definition) is 1. The lowest BCUT2D eigenvalue weighted by Gasteiger charge is -2.34. The number of benzene rings is 2. The van der Waals surface area contributed by atoms with Gasteiger partial charge in [-0.1, -0.05) is 0 Å². The Hall–Kier alpha value is -2.93. The number of piperazine rings is 1. The zero-order chi connectivity index (χ0) is 19.9. The van der Waals surface area contributed by atoms with Crippen molar-refractivity contribution in [3.05, 3.63) is 65.5 Å². The molecular formula is C21H24FN3O3. The normalized spacial score (nSPS) is 14.6. The van der Waals surface area contributed by atoms with E-state index >= 15 is 0 Å². The molecule has 2 aromatic carbocycles. The Morgan fingerprint density at radius 3 is 2.18 bits per heavy atom. The molecule has 1 N–H and O–H groups in total. The zero-order valence-electron chi connectivity index (χ0n) is 15.9. The van der Waals surface area contributed by atoms with Crippen LogP contribution in [0.15, 0.2) is 48.5 Å². The van der Waals surface area contributed by atoms with Crippen LogP contribution in [0.4, 0.5) is 4.39 Å². The number of rotatable bonds is 6. The molecule has 7 heteroatoms. The lowest BCUT2D eigenvalue weighted by Crippen LogP contribution is -2.50. The fourth-order valence-electron chi connectivity index (χ4n) is 3.12. The Morgan fingerprint density at radius 1 is 0.964 bits per heavy atom. The lowest BCUT2D eigenvalue weighted by atomic mass is 10.1. The summed E-state index contributed by atoms with van der Waals surface area (Å²) >= 11 is 0. The fourth-order valence-corrected chi connectivity index (χ4v) is 3.12. The van der Waals surface area contributed by atoms with Gasteiger partial charge in [-0.25, -0.2) is 4.39 Å². The maximum absolute atomic E-state index is 12.9. The molecule has 1 aliphatic heterocycles. The molecular weight excluding hydrogens is 361 g/mol. The Labute approximate surface area is 163 Å². The molecule has 6 nitrogen and oxygen atoms in total. The van der Waals surface area contributed by atoms with Crippen LogP contribution in [-0.4, -0.2) is 68.0 Å². The summed E-state index contributed by atoms with van der Waals surface area (Å²) in [4.78, 5) is 28.7. The van der Waals surface area contributed by atoms with Gasteiger partial charge in [0.2, 0.25) is 0 Å². The average molecular weight is 385 g/mol.